The molecule has 2 rings (SSSR count). The topological polar surface area (TPSA) is 63.9 Å². The maximum atomic E-state index is 13.0. The van der Waals surface area contributed by atoms with Crippen LogP contribution in [-0.4, -0.2) is 45.1 Å². The molecule has 0 aliphatic rings. The molecule has 1 aromatic carbocycles. The van der Waals surface area contributed by atoms with Gasteiger partial charge in [-0.05, 0) is 17.3 Å². The lowest BCUT2D eigenvalue weighted by Crippen LogP contribution is -2.27. The molecule has 1 heterocycles. The molecule has 6 nitrogen and oxygen atoms in total. The summed E-state index contributed by atoms with van der Waals surface area (Å²) in [5.74, 6) is -0.215. The van der Waals surface area contributed by atoms with Crippen LogP contribution in [0.25, 0.3) is 11.4 Å². The Morgan fingerprint density at radius 3 is 2.89 bits per heavy atom. The van der Waals surface area contributed by atoms with E-state index < -0.39 is 0 Å². The molecule has 0 bridgehead atoms. The first kappa shape index (κ1) is 12.2. The van der Waals surface area contributed by atoms with Gasteiger partial charge in [0.25, 0.3) is 0 Å². The highest BCUT2D eigenvalue weighted by Crippen LogP contribution is 2.14. The number of nitrogens with zero attached hydrogens (tertiary/aromatic N) is 5. The number of likely N-dealkylation sites (N-methyl/N-ethyl adjacent to an activating group) is 1. The number of aromatic nitrogens is 4. The van der Waals surface area contributed by atoms with E-state index in [1.165, 1.54) is 21.8 Å². The Labute approximate surface area is 103 Å². The van der Waals surface area contributed by atoms with Gasteiger partial charge in [0.1, 0.15) is 12.4 Å². The number of hydrogen-bond donors (Lipinski definition) is 0. The van der Waals surface area contributed by atoms with Gasteiger partial charge in [0, 0.05) is 19.7 Å². The normalized spacial score (nSPS) is 10.4. The molecule has 0 atom stereocenters. The van der Waals surface area contributed by atoms with Crippen LogP contribution < -0.4 is 0 Å². The number of halogens is 1. The molecule has 0 fully saturated rings. The smallest absolute Gasteiger partial charge is 0.245 e. The molecule has 94 valence electrons. The van der Waals surface area contributed by atoms with Gasteiger partial charge in [0.15, 0.2) is 0 Å². The Morgan fingerprint density at radius 1 is 1.44 bits per heavy atom. The van der Waals surface area contributed by atoms with Crippen LogP contribution in [0, 0.1) is 5.82 Å². The zero-order valence-corrected chi connectivity index (χ0v) is 10.0. The van der Waals surface area contributed by atoms with Crippen molar-refractivity contribution in [2.75, 3.05) is 14.1 Å². The predicted octanol–water partition coefficient (Wildman–Crippen LogP) is 0.567. The van der Waals surface area contributed by atoms with Crippen molar-refractivity contribution in [3.05, 3.63) is 30.1 Å². The number of carbonyl (C=O) groups is 1. The number of benzene rings is 1. The first-order chi connectivity index (χ1) is 8.56. The zero-order chi connectivity index (χ0) is 13.1. The number of carbonyl (C=O) groups excluding carboxylic acids is 1. The summed E-state index contributed by atoms with van der Waals surface area (Å²) in [5, 5.41) is 11.6. The minimum absolute atomic E-state index is 0.00924. The molecule has 1 amide bonds. The minimum atomic E-state index is -0.367. The average Bonchev–Trinajstić information content (AvgIpc) is 2.77. The third-order valence-electron chi connectivity index (χ3n) is 2.31. The van der Waals surface area contributed by atoms with Crippen molar-refractivity contribution in [3.8, 4) is 11.4 Å². The van der Waals surface area contributed by atoms with E-state index in [0.717, 1.165) is 0 Å². The fraction of sp³-hybridized carbons (Fsp3) is 0.273. The molecular weight excluding hydrogens is 237 g/mol. The summed E-state index contributed by atoms with van der Waals surface area (Å²) in [5.41, 5.74) is 0.526. The molecule has 0 unspecified atom stereocenters. The van der Waals surface area contributed by atoms with Crippen LogP contribution in [0.3, 0.4) is 0 Å². The van der Waals surface area contributed by atoms with Gasteiger partial charge in [0.05, 0.1) is 0 Å². The molecule has 0 N–H and O–H groups in total. The highest BCUT2D eigenvalue weighted by atomic mass is 19.1. The third kappa shape index (κ3) is 2.68. The summed E-state index contributed by atoms with van der Waals surface area (Å²) in [7, 11) is 3.29. The fourth-order valence-corrected chi connectivity index (χ4v) is 1.32. The molecule has 2 aromatic rings. The Morgan fingerprint density at radius 2 is 2.22 bits per heavy atom. The van der Waals surface area contributed by atoms with Crippen molar-refractivity contribution < 1.29 is 9.18 Å². The number of amides is 1. The lowest BCUT2D eigenvalue weighted by Gasteiger charge is -2.08. The Kier molecular flexibility index (Phi) is 3.31. The summed E-state index contributed by atoms with van der Waals surface area (Å²) in [6, 6.07) is 5.90. The van der Waals surface area contributed by atoms with Gasteiger partial charge in [-0.15, -0.1) is 10.2 Å². The van der Waals surface area contributed by atoms with Gasteiger partial charge in [-0.25, -0.2) is 4.39 Å². The molecule has 1 aromatic heterocycles. The monoisotopic (exact) mass is 249 g/mol. The zero-order valence-electron chi connectivity index (χ0n) is 10.0. The average molecular weight is 249 g/mol. The van der Waals surface area contributed by atoms with E-state index in [4.69, 9.17) is 0 Å². The second-order valence-corrected chi connectivity index (χ2v) is 3.94. The van der Waals surface area contributed by atoms with Gasteiger partial charge in [-0.1, -0.05) is 12.1 Å². The SMILES string of the molecule is CN(C)C(=O)Cn1nnc(-c2cccc(F)c2)n1. The summed E-state index contributed by atoms with van der Waals surface area (Å²) in [4.78, 5) is 14.1. The summed E-state index contributed by atoms with van der Waals surface area (Å²) < 4.78 is 13.0. The minimum Gasteiger partial charge on any atom is -0.347 e. The van der Waals surface area contributed by atoms with Crippen molar-refractivity contribution in [1.82, 2.24) is 25.1 Å². The molecule has 0 radical (unpaired) electrons. The van der Waals surface area contributed by atoms with E-state index in [1.807, 2.05) is 0 Å². The molecule has 0 spiro atoms. The highest BCUT2D eigenvalue weighted by molar-refractivity contribution is 5.75. The maximum absolute atomic E-state index is 13.0. The number of hydrogen-bond acceptors (Lipinski definition) is 4. The Bertz CT molecular complexity index is 566. The van der Waals surface area contributed by atoms with Gasteiger partial charge in [-0.2, -0.15) is 4.80 Å². The molecule has 18 heavy (non-hydrogen) atoms. The van der Waals surface area contributed by atoms with Crippen molar-refractivity contribution in [1.29, 1.82) is 0 Å². The number of rotatable bonds is 3. The first-order valence-electron chi connectivity index (χ1n) is 5.30. The summed E-state index contributed by atoms with van der Waals surface area (Å²) in [6.07, 6.45) is 0. The van der Waals surface area contributed by atoms with Crippen LogP contribution in [0.4, 0.5) is 4.39 Å². The van der Waals surface area contributed by atoms with E-state index in [1.54, 1.807) is 26.2 Å². The Balaban J connectivity index is 2.18. The quantitative estimate of drug-likeness (QED) is 0.797. The van der Waals surface area contributed by atoms with Crippen LogP contribution in [0.15, 0.2) is 24.3 Å². The van der Waals surface area contributed by atoms with E-state index >= 15 is 0 Å². The molecule has 7 heteroatoms. The Hall–Kier alpha value is -2.31. The fourth-order valence-electron chi connectivity index (χ4n) is 1.32. The second kappa shape index (κ2) is 4.91. The van der Waals surface area contributed by atoms with E-state index in [0.29, 0.717) is 11.4 Å². The molecule has 0 saturated heterocycles. The van der Waals surface area contributed by atoms with Gasteiger partial charge in [-0.3, -0.25) is 4.79 Å². The first-order valence-corrected chi connectivity index (χ1v) is 5.30. The van der Waals surface area contributed by atoms with Crippen molar-refractivity contribution in [2.45, 2.75) is 6.54 Å². The van der Waals surface area contributed by atoms with Gasteiger partial charge in [0.2, 0.25) is 11.7 Å². The predicted molar refractivity (Wildman–Crippen MR) is 61.9 cm³/mol. The highest BCUT2D eigenvalue weighted by Gasteiger charge is 2.10. The third-order valence-corrected chi connectivity index (χ3v) is 2.31. The second-order valence-electron chi connectivity index (χ2n) is 3.94. The number of tetrazole rings is 1. The van der Waals surface area contributed by atoms with Crippen LogP contribution in [0.2, 0.25) is 0 Å². The molecule has 0 aliphatic carbocycles. The van der Waals surface area contributed by atoms with Crippen molar-refractivity contribution in [3.63, 3.8) is 0 Å². The summed E-state index contributed by atoms with van der Waals surface area (Å²) in [6.45, 7) is 0.00924. The molecule has 0 aliphatic heterocycles. The summed E-state index contributed by atoms with van der Waals surface area (Å²) >= 11 is 0. The van der Waals surface area contributed by atoms with Crippen molar-refractivity contribution >= 4 is 5.91 Å². The van der Waals surface area contributed by atoms with E-state index in [-0.39, 0.29) is 18.3 Å². The van der Waals surface area contributed by atoms with E-state index in [2.05, 4.69) is 15.4 Å². The van der Waals surface area contributed by atoms with Gasteiger partial charge < -0.3 is 4.90 Å². The molecule has 0 saturated carbocycles. The van der Waals surface area contributed by atoms with Crippen LogP contribution >= 0.6 is 0 Å². The lowest BCUT2D eigenvalue weighted by atomic mass is 10.2. The van der Waals surface area contributed by atoms with Crippen molar-refractivity contribution in [2.24, 2.45) is 0 Å². The van der Waals surface area contributed by atoms with E-state index in [9.17, 15) is 9.18 Å². The molecular formula is C11H12FN5O. The lowest BCUT2D eigenvalue weighted by molar-refractivity contribution is -0.129. The van der Waals surface area contributed by atoms with Gasteiger partial charge >= 0.3 is 0 Å². The maximum Gasteiger partial charge on any atom is 0.245 e. The largest absolute Gasteiger partial charge is 0.347 e. The standard InChI is InChI=1S/C11H12FN5O/c1-16(2)10(18)7-17-14-11(13-15-17)8-4-3-5-9(12)6-8/h3-6H,7H2,1-2H3. The van der Waals surface area contributed by atoms with Crippen LogP contribution in [-0.2, 0) is 11.3 Å². The van der Waals surface area contributed by atoms with Crippen LogP contribution in [0.5, 0.6) is 0 Å². The van der Waals surface area contributed by atoms with Crippen LogP contribution in [0.1, 0.15) is 0 Å².